The number of rotatable bonds is 5. The molecule has 4 heteroatoms. The molecule has 3 aliphatic rings. The van der Waals surface area contributed by atoms with E-state index in [0.717, 1.165) is 29.2 Å². The number of anilines is 1. The number of carbonyl (C=O) groups excluding carboxylic acids is 2. The molecule has 2 amide bonds. The zero-order valence-corrected chi connectivity index (χ0v) is 19.5. The zero-order valence-electron chi connectivity index (χ0n) is 19.5. The minimum Gasteiger partial charge on any atom is -0.339 e. The van der Waals surface area contributed by atoms with E-state index in [1.807, 2.05) is 36.4 Å². The van der Waals surface area contributed by atoms with Crippen LogP contribution in [0.2, 0.25) is 0 Å². The van der Waals surface area contributed by atoms with Crippen molar-refractivity contribution in [3.05, 3.63) is 54.6 Å². The maximum absolute atomic E-state index is 13.1. The van der Waals surface area contributed by atoms with Gasteiger partial charge in [0.2, 0.25) is 11.8 Å². The summed E-state index contributed by atoms with van der Waals surface area (Å²) in [6.07, 6.45) is 11.9. The molecule has 2 aromatic carbocycles. The fourth-order valence-electron chi connectivity index (χ4n) is 6.52. The van der Waals surface area contributed by atoms with Crippen molar-refractivity contribution >= 4 is 17.5 Å². The van der Waals surface area contributed by atoms with Crippen LogP contribution in [0.3, 0.4) is 0 Å². The predicted octanol–water partition coefficient (Wildman–Crippen LogP) is 6.28. The standard InChI is InChI=1S/C29H36N2O2/c32-28-19-24(20-31(28)27-17-8-7-16-26(27)22-12-5-2-6-13-22)29(33)30-25-15-9-14-23(18-25)21-10-3-1-4-11-21/h1,3-4,9-11,14-15,18,22,24,26-27H,2,5-8,12-13,16-17,19-20H2,(H,30,33). The Kier molecular flexibility index (Phi) is 6.80. The third kappa shape index (κ3) is 5.00. The number of nitrogens with one attached hydrogen (secondary N) is 1. The molecule has 0 radical (unpaired) electrons. The molecule has 0 bridgehead atoms. The SMILES string of the molecule is O=C(Nc1cccc(-c2ccccc2)c1)C1CC(=O)N(C2CCCCC2C2CCCCC2)C1. The molecule has 33 heavy (non-hydrogen) atoms. The molecule has 2 aromatic rings. The summed E-state index contributed by atoms with van der Waals surface area (Å²) in [4.78, 5) is 28.3. The maximum atomic E-state index is 13.1. The molecule has 1 aliphatic heterocycles. The largest absolute Gasteiger partial charge is 0.339 e. The van der Waals surface area contributed by atoms with Crippen molar-refractivity contribution < 1.29 is 9.59 Å². The first kappa shape index (κ1) is 22.2. The van der Waals surface area contributed by atoms with Crippen LogP contribution in [-0.2, 0) is 9.59 Å². The van der Waals surface area contributed by atoms with E-state index in [1.165, 1.54) is 51.4 Å². The van der Waals surface area contributed by atoms with Crippen molar-refractivity contribution in [2.45, 2.75) is 70.3 Å². The highest BCUT2D eigenvalue weighted by atomic mass is 16.2. The summed E-state index contributed by atoms with van der Waals surface area (Å²) in [6.45, 7) is 0.580. The van der Waals surface area contributed by atoms with Gasteiger partial charge in [0.15, 0.2) is 0 Å². The predicted molar refractivity (Wildman–Crippen MR) is 133 cm³/mol. The Morgan fingerprint density at radius 3 is 2.36 bits per heavy atom. The summed E-state index contributed by atoms with van der Waals surface area (Å²) in [5.74, 6) is 1.30. The van der Waals surface area contributed by atoms with Gasteiger partial charge in [0.05, 0.1) is 5.92 Å². The van der Waals surface area contributed by atoms with Crippen LogP contribution < -0.4 is 5.32 Å². The van der Waals surface area contributed by atoms with Gasteiger partial charge in [-0.15, -0.1) is 0 Å². The molecule has 2 aliphatic carbocycles. The second kappa shape index (κ2) is 10.1. The van der Waals surface area contributed by atoms with Crippen LogP contribution in [0.5, 0.6) is 0 Å². The van der Waals surface area contributed by atoms with Gasteiger partial charge in [0.25, 0.3) is 0 Å². The molecule has 4 nitrogen and oxygen atoms in total. The Labute approximate surface area is 197 Å². The Morgan fingerprint density at radius 1 is 0.818 bits per heavy atom. The zero-order chi connectivity index (χ0) is 22.6. The van der Waals surface area contributed by atoms with Gasteiger partial charge in [-0.25, -0.2) is 0 Å². The van der Waals surface area contributed by atoms with Crippen molar-refractivity contribution in [2.24, 2.45) is 17.8 Å². The molecule has 1 N–H and O–H groups in total. The van der Waals surface area contributed by atoms with Crippen molar-refractivity contribution in [1.82, 2.24) is 4.90 Å². The highest BCUT2D eigenvalue weighted by Crippen LogP contribution is 2.42. The van der Waals surface area contributed by atoms with E-state index in [2.05, 4.69) is 28.4 Å². The quantitative estimate of drug-likeness (QED) is 0.590. The van der Waals surface area contributed by atoms with Crippen LogP contribution in [0.1, 0.15) is 64.2 Å². The van der Waals surface area contributed by atoms with E-state index in [0.29, 0.717) is 24.9 Å². The highest BCUT2D eigenvalue weighted by Gasteiger charge is 2.43. The normalized spacial score (nSPS) is 26.4. The van der Waals surface area contributed by atoms with Crippen LogP contribution >= 0.6 is 0 Å². The van der Waals surface area contributed by atoms with E-state index in [9.17, 15) is 9.59 Å². The molecule has 1 heterocycles. The summed E-state index contributed by atoms with van der Waals surface area (Å²) in [6, 6.07) is 18.5. The van der Waals surface area contributed by atoms with Crippen LogP contribution in [0.15, 0.2) is 54.6 Å². The molecule has 1 saturated heterocycles. The second-order valence-electron chi connectivity index (χ2n) is 10.3. The first-order valence-corrected chi connectivity index (χ1v) is 12.9. The van der Waals surface area contributed by atoms with Gasteiger partial charge in [-0.05, 0) is 47.9 Å². The number of likely N-dealkylation sites (tertiary alicyclic amines) is 1. The Balaban J connectivity index is 1.25. The third-order valence-electron chi connectivity index (χ3n) is 8.20. The number of hydrogen-bond donors (Lipinski definition) is 1. The summed E-state index contributed by atoms with van der Waals surface area (Å²) >= 11 is 0. The van der Waals surface area contributed by atoms with Gasteiger partial charge >= 0.3 is 0 Å². The number of nitrogens with zero attached hydrogens (tertiary/aromatic N) is 1. The Hall–Kier alpha value is -2.62. The Bertz CT molecular complexity index is 967. The highest BCUT2D eigenvalue weighted by molar-refractivity contribution is 5.97. The van der Waals surface area contributed by atoms with Gasteiger partial charge in [0, 0.05) is 24.7 Å². The first-order chi connectivity index (χ1) is 16.2. The molecular weight excluding hydrogens is 408 g/mol. The van der Waals surface area contributed by atoms with Crippen LogP contribution in [0, 0.1) is 17.8 Å². The van der Waals surface area contributed by atoms with Crippen LogP contribution in [-0.4, -0.2) is 29.3 Å². The summed E-state index contributed by atoms with van der Waals surface area (Å²) in [5.41, 5.74) is 3.00. The minimum atomic E-state index is -0.258. The lowest BCUT2D eigenvalue weighted by Gasteiger charge is -2.43. The average Bonchev–Trinajstić information content (AvgIpc) is 3.27. The molecule has 0 aromatic heterocycles. The number of hydrogen-bond acceptors (Lipinski definition) is 2. The molecule has 0 spiro atoms. The average molecular weight is 445 g/mol. The van der Waals surface area contributed by atoms with Crippen LogP contribution in [0.25, 0.3) is 11.1 Å². The molecule has 174 valence electrons. The second-order valence-corrected chi connectivity index (χ2v) is 10.3. The van der Waals surface area contributed by atoms with Gasteiger partial charge in [-0.3, -0.25) is 9.59 Å². The summed E-state index contributed by atoms with van der Waals surface area (Å²) < 4.78 is 0. The smallest absolute Gasteiger partial charge is 0.229 e. The monoisotopic (exact) mass is 444 g/mol. The van der Waals surface area contributed by atoms with Gasteiger partial charge in [0.1, 0.15) is 0 Å². The van der Waals surface area contributed by atoms with Crippen LogP contribution in [0.4, 0.5) is 5.69 Å². The lowest BCUT2D eigenvalue weighted by Crippen LogP contribution is -2.46. The fourth-order valence-corrected chi connectivity index (χ4v) is 6.52. The third-order valence-corrected chi connectivity index (χ3v) is 8.20. The summed E-state index contributed by atoms with van der Waals surface area (Å²) in [5, 5.41) is 3.09. The summed E-state index contributed by atoms with van der Waals surface area (Å²) in [7, 11) is 0. The first-order valence-electron chi connectivity index (χ1n) is 12.9. The van der Waals surface area contributed by atoms with Gasteiger partial charge in [-0.2, -0.15) is 0 Å². The number of benzene rings is 2. The molecule has 5 rings (SSSR count). The molecular formula is C29H36N2O2. The molecule has 2 saturated carbocycles. The van der Waals surface area contributed by atoms with Crippen molar-refractivity contribution in [1.29, 1.82) is 0 Å². The van der Waals surface area contributed by atoms with Crippen molar-refractivity contribution in [3.63, 3.8) is 0 Å². The van der Waals surface area contributed by atoms with E-state index >= 15 is 0 Å². The lowest BCUT2D eigenvalue weighted by atomic mass is 9.70. The van der Waals surface area contributed by atoms with E-state index in [1.54, 1.807) is 0 Å². The lowest BCUT2D eigenvalue weighted by molar-refractivity contribution is -0.132. The van der Waals surface area contributed by atoms with E-state index in [4.69, 9.17) is 0 Å². The number of amides is 2. The van der Waals surface area contributed by atoms with Gasteiger partial charge in [-0.1, -0.05) is 87.4 Å². The van der Waals surface area contributed by atoms with E-state index in [-0.39, 0.29) is 17.7 Å². The minimum absolute atomic E-state index is 0.0268. The molecule has 3 fully saturated rings. The maximum Gasteiger partial charge on any atom is 0.229 e. The molecule has 3 unspecified atom stereocenters. The topological polar surface area (TPSA) is 49.4 Å². The number of carbonyl (C=O) groups is 2. The fraction of sp³-hybridized carbons (Fsp3) is 0.517. The molecule has 3 atom stereocenters. The van der Waals surface area contributed by atoms with Crippen molar-refractivity contribution in [3.8, 4) is 11.1 Å². The Morgan fingerprint density at radius 2 is 1.55 bits per heavy atom. The van der Waals surface area contributed by atoms with E-state index < -0.39 is 0 Å². The van der Waals surface area contributed by atoms with Gasteiger partial charge < -0.3 is 10.2 Å². The van der Waals surface area contributed by atoms with Crippen molar-refractivity contribution in [2.75, 3.05) is 11.9 Å².